The fourth-order valence-corrected chi connectivity index (χ4v) is 1.70. The van der Waals surface area contributed by atoms with Crippen molar-refractivity contribution in [2.75, 3.05) is 6.61 Å². The van der Waals surface area contributed by atoms with Gasteiger partial charge in [0.1, 0.15) is 0 Å². The molecule has 0 aliphatic heterocycles. The van der Waals surface area contributed by atoms with E-state index in [1.54, 1.807) is 0 Å². The molecule has 0 N–H and O–H groups in total. The molecule has 1 nitrogen and oxygen atoms in total. The van der Waals surface area contributed by atoms with E-state index in [0.29, 0.717) is 6.61 Å². The molecule has 0 bridgehead atoms. The van der Waals surface area contributed by atoms with Gasteiger partial charge < -0.3 is 4.74 Å². The van der Waals surface area contributed by atoms with E-state index in [-0.39, 0.29) is 0 Å². The van der Waals surface area contributed by atoms with Crippen molar-refractivity contribution in [1.82, 2.24) is 0 Å². The van der Waals surface area contributed by atoms with Crippen LogP contribution in [0.4, 0.5) is 0 Å². The van der Waals surface area contributed by atoms with Crippen molar-refractivity contribution in [1.29, 1.82) is 0 Å². The van der Waals surface area contributed by atoms with Crippen LogP contribution in [-0.4, -0.2) is 6.61 Å². The minimum atomic E-state index is 0.677. The van der Waals surface area contributed by atoms with Crippen LogP contribution in [0, 0.1) is 6.92 Å². The molecule has 0 aromatic heterocycles. The Morgan fingerprint density at radius 3 is 2.67 bits per heavy atom. The van der Waals surface area contributed by atoms with Crippen molar-refractivity contribution < 1.29 is 4.74 Å². The van der Waals surface area contributed by atoms with Gasteiger partial charge in [-0.25, -0.2) is 0 Å². The van der Waals surface area contributed by atoms with Crippen LogP contribution in [0.3, 0.4) is 0 Å². The van der Waals surface area contributed by atoms with Crippen molar-refractivity contribution in [3.63, 3.8) is 0 Å². The van der Waals surface area contributed by atoms with Crippen LogP contribution in [-0.2, 0) is 11.3 Å². The van der Waals surface area contributed by atoms with E-state index in [1.165, 1.54) is 16.3 Å². The summed E-state index contributed by atoms with van der Waals surface area (Å²) in [5.41, 5.74) is 1.25. The fourth-order valence-electron chi connectivity index (χ4n) is 1.70. The predicted molar refractivity (Wildman–Crippen MR) is 63.6 cm³/mol. The first-order valence-corrected chi connectivity index (χ1v) is 5.25. The third kappa shape index (κ3) is 2.37. The Hall–Kier alpha value is -1.34. The Balaban J connectivity index is 2.26. The standard InChI is InChI=1S/C14H15O/c1-2-10-15-11-13-8-5-7-12-6-3-4-9-14(12)13/h3-9H,1-2,10-11H2. The van der Waals surface area contributed by atoms with Crippen LogP contribution in [0.1, 0.15) is 12.0 Å². The topological polar surface area (TPSA) is 9.23 Å². The van der Waals surface area contributed by atoms with Gasteiger partial charge in [-0.1, -0.05) is 49.4 Å². The van der Waals surface area contributed by atoms with Gasteiger partial charge in [-0.3, -0.25) is 0 Å². The van der Waals surface area contributed by atoms with Gasteiger partial charge >= 0.3 is 0 Å². The highest BCUT2D eigenvalue weighted by atomic mass is 16.5. The maximum atomic E-state index is 5.51. The Morgan fingerprint density at radius 1 is 1.00 bits per heavy atom. The number of ether oxygens (including phenoxy) is 1. The number of benzene rings is 2. The quantitative estimate of drug-likeness (QED) is 0.684. The molecule has 0 heterocycles. The molecule has 0 amide bonds. The van der Waals surface area contributed by atoms with Gasteiger partial charge in [-0.05, 0) is 22.8 Å². The highest BCUT2D eigenvalue weighted by molar-refractivity contribution is 5.85. The lowest BCUT2D eigenvalue weighted by atomic mass is 10.1. The fraction of sp³-hybridized carbons (Fsp3) is 0.214. The van der Waals surface area contributed by atoms with Gasteiger partial charge in [0.25, 0.3) is 0 Å². The molecule has 2 rings (SSSR count). The summed E-state index contributed by atoms with van der Waals surface area (Å²) in [6.07, 6.45) is 0.824. The normalized spacial score (nSPS) is 10.7. The van der Waals surface area contributed by atoms with Crippen LogP contribution >= 0.6 is 0 Å². The molecule has 0 saturated carbocycles. The molecule has 0 spiro atoms. The molecule has 2 aromatic rings. The zero-order valence-electron chi connectivity index (χ0n) is 8.78. The lowest BCUT2D eigenvalue weighted by Gasteiger charge is -2.06. The van der Waals surface area contributed by atoms with Crippen LogP contribution in [0.5, 0.6) is 0 Å². The van der Waals surface area contributed by atoms with Crippen molar-refractivity contribution in [3.05, 3.63) is 55.0 Å². The van der Waals surface area contributed by atoms with Gasteiger partial charge in [0.2, 0.25) is 0 Å². The predicted octanol–water partition coefficient (Wildman–Crippen LogP) is 3.58. The average molecular weight is 199 g/mol. The molecule has 1 radical (unpaired) electrons. The Bertz CT molecular complexity index is 429. The second-order valence-corrected chi connectivity index (χ2v) is 3.54. The second-order valence-electron chi connectivity index (χ2n) is 3.54. The first-order valence-electron chi connectivity index (χ1n) is 5.25. The molecule has 0 fully saturated rings. The largest absolute Gasteiger partial charge is 0.377 e. The van der Waals surface area contributed by atoms with E-state index >= 15 is 0 Å². The molecule has 0 aliphatic carbocycles. The zero-order valence-corrected chi connectivity index (χ0v) is 8.78. The molecule has 0 atom stereocenters. The smallest absolute Gasteiger partial charge is 0.0722 e. The Kier molecular flexibility index (Phi) is 3.36. The number of fused-ring (bicyclic) bond motifs is 1. The third-order valence-corrected chi connectivity index (χ3v) is 2.43. The summed E-state index contributed by atoms with van der Waals surface area (Å²) < 4.78 is 5.51. The van der Waals surface area contributed by atoms with Gasteiger partial charge in [0.05, 0.1) is 6.61 Å². The van der Waals surface area contributed by atoms with Crippen molar-refractivity contribution in [3.8, 4) is 0 Å². The molecular weight excluding hydrogens is 184 g/mol. The van der Waals surface area contributed by atoms with E-state index in [9.17, 15) is 0 Å². The third-order valence-electron chi connectivity index (χ3n) is 2.43. The SMILES string of the molecule is [CH2]CCOCc1cccc2ccccc12. The number of hydrogen-bond donors (Lipinski definition) is 0. The van der Waals surface area contributed by atoms with Crippen LogP contribution in [0.2, 0.25) is 0 Å². The minimum Gasteiger partial charge on any atom is -0.377 e. The lowest BCUT2D eigenvalue weighted by Crippen LogP contribution is -1.94. The molecule has 77 valence electrons. The summed E-state index contributed by atoms with van der Waals surface area (Å²) in [5.74, 6) is 0. The van der Waals surface area contributed by atoms with Gasteiger partial charge in [0.15, 0.2) is 0 Å². The van der Waals surface area contributed by atoms with Crippen molar-refractivity contribution in [2.45, 2.75) is 13.0 Å². The Labute approximate surface area is 90.7 Å². The van der Waals surface area contributed by atoms with E-state index in [4.69, 9.17) is 4.74 Å². The molecular formula is C14H15O. The lowest BCUT2D eigenvalue weighted by molar-refractivity contribution is 0.126. The molecule has 0 saturated heterocycles. The maximum Gasteiger partial charge on any atom is 0.0722 e. The van der Waals surface area contributed by atoms with Crippen molar-refractivity contribution >= 4 is 10.8 Å². The first kappa shape index (κ1) is 10.2. The van der Waals surface area contributed by atoms with Gasteiger partial charge in [0, 0.05) is 6.61 Å². The number of hydrogen-bond acceptors (Lipinski definition) is 1. The second kappa shape index (κ2) is 4.94. The van der Waals surface area contributed by atoms with Crippen LogP contribution < -0.4 is 0 Å². The van der Waals surface area contributed by atoms with Gasteiger partial charge in [-0.2, -0.15) is 0 Å². The molecule has 0 aliphatic rings. The van der Waals surface area contributed by atoms with Crippen LogP contribution in [0.15, 0.2) is 42.5 Å². The van der Waals surface area contributed by atoms with Crippen LogP contribution in [0.25, 0.3) is 10.8 Å². The summed E-state index contributed by atoms with van der Waals surface area (Å²) in [6.45, 7) is 5.16. The monoisotopic (exact) mass is 199 g/mol. The number of rotatable bonds is 4. The van der Waals surface area contributed by atoms with E-state index in [2.05, 4.69) is 49.4 Å². The zero-order chi connectivity index (χ0) is 10.5. The van der Waals surface area contributed by atoms with E-state index < -0.39 is 0 Å². The molecule has 0 unspecified atom stereocenters. The van der Waals surface area contributed by atoms with E-state index in [1.807, 2.05) is 0 Å². The first-order chi connectivity index (χ1) is 7.42. The summed E-state index contributed by atoms with van der Waals surface area (Å²) in [4.78, 5) is 0. The summed E-state index contributed by atoms with van der Waals surface area (Å²) in [7, 11) is 0. The minimum absolute atomic E-state index is 0.677. The van der Waals surface area contributed by atoms with Gasteiger partial charge in [-0.15, -0.1) is 0 Å². The maximum absolute atomic E-state index is 5.51. The molecule has 1 heteroatoms. The molecule has 15 heavy (non-hydrogen) atoms. The highest BCUT2D eigenvalue weighted by Gasteiger charge is 1.99. The average Bonchev–Trinajstić information content (AvgIpc) is 2.30. The summed E-state index contributed by atoms with van der Waals surface area (Å²) >= 11 is 0. The Morgan fingerprint density at radius 2 is 1.80 bits per heavy atom. The molecule has 2 aromatic carbocycles. The summed E-state index contributed by atoms with van der Waals surface area (Å²) in [5, 5.41) is 2.55. The van der Waals surface area contributed by atoms with Crippen molar-refractivity contribution in [2.24, 2.45) is 0 Å². The summed E-state index contributed by atoms with van der Waals surface area (Å²) in [6, 6.07) is 14.7. The highest BCUT2D eigenvalue weighted by Crippen LogP contribution is 2.18. The van der Waals surface area contributed by atoms with E-state index in [0.717, 1.165) is 13.0 Å².